The Morgan fingerprint density at radius 3 is 2.21 bits per heavy atom. The number of carbonyl (C=O) groups excluding carboxylic acids is 2. The Labute approximate surface area is 170 Å². The molecule has 0 atom stereocenters. The van der Waals surface area contributed by atoms with Crippen molar-refractivity contribution in [1.82, 2.24) is 15.1 Å². The highest BCUT2D eigenvalue weighted by molar-refractivity contribution is 5.94. The summed E-state index contributed by atoms with van der Waals surface area (Å²) in [6, 6.07) is 16.0. The fourth-order valence-corrected chi connectivity index (χ4v) is 3.92. The molecule has 4 rings (SSSR count). The van der Waals surface area contributed by atoms with E-state index < -0.39 is 0 Å². The SMILES string of the molecule is O=C(CN1CCN(C(=O)c2ccc(F)cc2)CC1)NCC1(c2ccccc2)CC1. The van der Waals surface area contributed by atoms with Gasteiger partial charge in [0, 0.05) is 43.7 Å². The molecule has 29 heavy (non-hydrogen) atoms. The van der Waals surface area contributed by atoms with Crippen LogP contribution in [0.25, 0.3) is 0 Å². The summed E-state index contributed by atoms with van der Waals surface area (Å²) in [7, 11) is 0. The molecule has 1 N–H and O–H groups in total. The number of carbonyl (C=O) groups is 2. The Morgan fingerprint density at radius 1 is 0.931 bits per heavy atom. The summed E-state index contributed by atoms with van der Waals surface area (Å²) in [6.45, 7) is 3.48. The fourth-order valence-electron chi connectivity index (χ4n) is 3.92. The van der Waals surface area contributed by atoms with Crippen LogP contribution in [0.4, 0.5) is 4.39 Å². The second-order valence-corrected chi connectivity index (χ2v) is 8.00. The number of piperazine rings is 1. The van der Waals surface area contributed by atoms with E-state index >= 15 is 0 Å². The van der Waals surface area contributed by atoms with Crippen LogP contribution in [0, 0.1) is 5.82 Å². The summed E-state index contributed by atoms with van der Waals surface area (Å²) in [5.74, 6) is -0.407. The molecule has 1 heterocycles. The highest BCUT2D eigenvalue weighted by atomic mass is 19.1. The Kier molecular flexibility index (Phi) is 5.62. The Balaban J connectivity index is 1.22. The maximum Gasteiger partial charge on any atom is 0.253 e. The van der Waals surface area contributed by atoms with Gasteiger partial charge in [0.05, 0.1) is 6.54 Å². The van der Waals surface area contributed by atoms with Crippen LogP contribution in [0.15, 0.2) is 54.6 Å². The molecule has 2 fully saturated rings. The van der Waals surface area contributed by atoms with Gasteiger partial charge in [-0.15, -0.1) is 0 Å². The van der Waals surface area contributed by atoms with Gasteiger partial charge < -0.3 is 10.2 Å². The van der Waals surface area contributed by atoms with Gasteiger partial charge in [-0.05, 0) is 42.7 Å². The van der Waals surface area contributed by atoms with Gasteiger partial charge in [-0.25, -0.2) is 4.39 Å². The first-order valence-electron chi connectivity index (χ1n) is 10.2. The van der Waals surface area contributed by atoms with Crippen LogP contribution in [0.2, 0.25) is 0 Å². The highest BCUT2D eigenvalue weighted by Crippen LogP contribution is 2.47. The number of amides is 2. The summed E-state index contributed by atoms with van der Waals surface area (Å²) in [5, 5.41) is 3.10. The van der Waals surface area contributed by atoms with Crippen molar-refractivity contribution in [3.05, 3.63) is 71.5 Å². The number of halogens is 1. The predicted molar refractivity (Wildman–Crippen MR) is 109 cm³/mol. The predicted octanol–water partition coefficient (Wildman–Crippen LogP) is 2.43. The third-order valence-corrected chi connectivity index (χ3v) is 5.98. The number of hydrogen-bond acceptors (Lipinski definition) is 3. The first-order valence-corrected chi connectivity index (χ1v) is 10.2. The van der Waals surface area contributed by atoms with E-state index in [0.29, 0.717) is 44.8 Å². The minimum absolute atomic E-state index is 0.0329. The van der Waals surface area contributed by atoms with E-state index in [-0.39, 0.29) is 23.0 Å². The second-order valence-electron chi connectivity index (χ2n) is 8.00. The Morgan fingerprint density at radius 2 is 1.59 bits per heavy atom. The Hall–Kier alpha value is -2.73. The van der Waals surface area contributed by atoms with Gasteiger partial charge in [0.25, 0.3) is 5.91 Å². The molecule has 0 bridgehead atoms. The molecule has 1 aliphatic heterocycles. The van der Waals surface area contributed by atoms with Crippen LogP contribution < -0.4 is 5.32 Å². The van der Waals surface area contributed by atoms with Crippen LogP contribution in [-0.4, -0.2) is 60.9 Å². The highest BCUT2D eigenvalue weighted by Gasteiger charge is 2.44. The summed E-state index contributed by atoms with van der Waals surface area (Å²) in [6.07, 6.45) is 2.23. The minimum Gasteiger partial charge on any atom is -0.354 e. The van der Waals surface area contributed by atoms with Gasteiger partial charge in [-0.1, -0.05) is 30.3 Å². The van der Waals surface area contributed by atoms with Crippen molar-refractivity contribution in [3.8, 4) is 0 Å². The molecule has 152 valence electrons. The molecular formula is C23H26FN3O2. The zero-order valence-corrected chi connectivity index (χ0v) is 16.4. The number of hydrogen-bond donors (Lipinski definition) is 1. The summed E-state index contributed by atoms with van der Waals surface area (Å²) < 4.78 is 13.0. The lowest BCUT2D eigenvalue weighted by Gasteiger charge is -2.34. The minimum atomic E-state index is -0.349. The van der Waals surface area contributed by atoms with Crippen LogP contribution in [-0.2, 0) is 10.2 Å². The first-order chi connectivity index (χ1) is 14.1. The average Bonchev–Trinajstić information content (AvgIpc) is 3.55. The van der Waals surface area contributed by atoms with Crippen molar-refractivity contribution in [1.29, 1.82) is 0 Å². The summed E-state index contributed by atoms with van der Waals surface area (Å²) >= 11 is 0. The lowest BCUT2D eigenvalue weighted by atomic mass is 9.96. The molecule has 1 saturated heterocycles. The second kappa shape index (κ2) is 8.33. The maximum absolute atomic E-state index is 13.0. The van der Waals surface area contributed by atoms with Crippen LogP contribution in [0.3, 0.4) is 0 Å². The molecule has 1 saturated carbocycles. The smallest absolute Gasteiger partial charge is 0.253 e. The van der Waals surface area contributed by atoms with Gasteiger partial charge in [0.15, 0.2) is 0 Å². The van der Waals surface area contributed by atoms with Gasteiger partial charge in [0.1, 0.15) is 5.82 Å². The van der Waals surface area contributed by atoms with Gasteiger partial charge in [0.2, 0.25) is 5.91 Å². The zero-order valence-electron chi connectivity index (χ0n) is 16.4. The van der Waals surface area contributed by atoms with E-state index in [9.17, 15) is 14.0 Å². The van der Waals surface area contributed by atoms with E-state index in [1.807, 2.05) is 18.2 Å². The molecule has 2 aliphatic rings. The molecule has 2 aromatic carbocycles. The number of nitrogens with zero attached hydrogens (tertiary/aromatic N) is 2. The van der Waals surface area contributed by atoms with Gasteiger partial charge in [-0.3, -0.25) is 14.5 Å². The molecule has 0 radical (unpaired) electrons. The number of rotatable bonds is 6. The van der Waals surface area contributed by atoms with E-state index in [1.54, 1.807) is 4.90 Å². The van der Waals surface area contributed by atoms with E-state index in [2.05, 4.69) is 22.3 Å². The Bertz CT molecular complexity index is 857. The first kappa shape index (κ1) is 19.6. The largest absolute Gasteiger partial charge is 0.354 e. The summed E-state index contributed by atoms with van der Waals surface area (Å²) in [5.41, 5.74) is 1.90. The lowest BCUT2D eigenvalue weighted by molar-refractivity contribution is -0.122. The molecule has 1 aliphatic carbocycles. The van der Waals surface area contributed by atoms with Crippen LogP contribution >= 0.6 is 0 Å². The normalized spacial score (nSPS) is 18.3. The molecule has 2 amide bonds. The van der Waals surface area contributed by atoms with E-state index in [1.165, 1.54) is 29.8 Å². The molecule has 6 heteroatoms. The van der Waals surface area contributed by atoms with Gasteiger partial charge >= 0.3 is 0 Å². The molecule has 0 aromatic heterocycles. The van der Waals surface area contributed by atoms with E-state index in [4.69, 9.17) is 0 Å². The topological polar surface area (TPSA) is 52.7 Å². The van der Waals surface area contributed by atoms with Gasteiger partial charge in [-0.2, -0.15) is 0 Å². The fraction of sp³-hybridized carbons (Fsp3) is 0.391. The van der Waals surface area contributed by atoms with Crippen molar-refractivity contribution in [2.24, 2.45) is 0 Å². The van der Waals surface area contributed by atoms with Crippen molar-refractivity contribution in [2.75, 3.05) is 39.3 Å². The molecule has 2 aromatic rings. The van der Waals surface area contributed by atoms with Crippen molar-refractivity contribution >= 4 is 11.8 Å². The van der Waals surface area contributed by atoms with Crippen molar-refractivity contribution in [3.63, 3.8) is 0 Å². The monoisotopic (exact) mass is 395 g/mol. The standard InChI is InChI=1S/C23H26FN3O2/c24-20-8-6-18(7-9-20)22(29)27-14-12-26(13-15-27)16-21(28)25-17-23(10-11-23)19-4-2-1-3-5-19/h1-9H,10-17H2,(H,25,28). The van der Waals surface area contributed by atoms with Crippen molar-refractivity contribution < 1.29 is 14.0 Å². The summed E-state index contributed by atoms with van der Waals surface area (Å²) in [4.78, 5) is 28.8. The number of nitrogens with one attached hydrogen (secondary N) is 1. The third-order valence-electron chi connectivity index (χ3n) is 5.98. The van der Waals surface area contributed by atoms with Crippen LogP contribution in [0.5, 0.6) is 0 Å². The average molecular weight is 395 g/mol. The number of benzene rings is 2. The van der Waals surface area contributed by atoms with Crippen LogP contribution in [0.1, 0.15) is 28.8 Å². The zero-order chi connectivity index (χ0) is 20.3. The third kappa shape index (κ3) is 4.65. The van der Waals surface area contributed by atoms with Crippen molar-refractivity contribution in [2.45, 2.75) is 18.3 Å². The molecule has 0 unspecified atom stereocenters. The molecule has 5 nitrogen and oxygen atoms in total. The molecular weight excluding hydrogens is 369 g/mol. The quantitative estimate of drug-likeness (QED) is 0.817. The van der Waals surface area contributed by atoms with E-state index in [0.717, 1.165) is 12.8 Å². The maximum atomic E-state index is 13.0. The lowest BCUT2D eigenvalue weighted by Crippen LogP contribution is -2.51. The molecule has 0 spiro atoms.